The first-order chi connectivity index (χ1) is 10.9. The molecule has 0 aliphatic carbocycles. The third-order valence-electron chi connectivity index (χ3n) is 3.76. The van der Waals surface area contributed by atoms with E-state index in [4.69, 9.17) is 19.2 Å². The van der Waals surface area contributed by atoms with E-state index < -0.39 is 7.82 Å². The van der Waals surface area contributed by atoms with Crippen molar-refractivity contribution in [1.29, 1.82) is 0 Å². The third-order valence-corrected chi connectivity index (χ3v) is 3.76. The van der Waals surface area contributed by atoms with Gasteiger partial charge in [-0.3, -0.25) is 0 Å². The second-order valence-corrected chi connectivity index (χ2v) is 7.21. The molecule has 0 saturated heterocycles. The van der Waals surface area contributed by atoms with Crippen molar-refractivity contribution in [3.05, 3.63) is 12.7 Å². The average Bonchev–Trinajstić information content (AvgIpc) is 2.46. The summed E-state index contributed by atoms with van der Waals surface area (Å²) >= 11 is 0. The zero-order valence-electron chi connectivity index (χ0n) is 15.1. The molecule has 4 nitrogen and oxygen atoms in total. The van der Waals surface area contributed by atoms with Crippen LogP contribution in [0.25, 0.3) is 0 Å². The Balaban J connectivity index is -0.000000639. The molecule has 0 fully saturated rings. The molecule has 0 aliphatic rings. The van der Waals surface area contributed by atoms with Gasteiger partial charge < -0.3 is 14.7 Å². The molecule has 24 heavy (non-hydrogen) atoms. The Morgan fingerprint density at radius 2 is 0.958 bits per heavy atom. The summed E-state index contributed by atoms with van der Waals surface area (Å²) in [5.41, 5.74) is 0. The van der Waals surface area contributed by atoms with Gasteiger partial charge in [0.25, 0.3) is 0 Å². The maximum atomic E-state index is 8.88. The molecule has 0 atom stereocenters. The second kappa shape index (κ2) is 23.9. The molecule has 0 aliphatic heterocycles. The number of phosphoric acid groups is 1. The van der Waals surface area contributed by atoms with E-state index >= 15 is 0 Å². The molecule has 0 saturated carbocycles. The van der Waals surface area contributed by atoms with E-state index in [1.165, 1.54) is 96.3 Å². The van der Waals surface area contributed by atoms with Crippen LogP contribution >= 0.6 is 7.82 Å². The molecule has 0 bridgehead atoms. The molecule has 6 heteroatoms. The normalized spacial score (nSPS) is 10.5. The Kier molecular flexibility index (Phi) is 29.4. The summed E-state index contributed by atoms with van der Waals surface area (Å²) in [4.78, 5) is 21.6. The van der Waals surface area contributed by atoms with Crippen molar-refractivity contribution in [2.24, 2.45) is 0 Å². The van der Waals surface area contributed by atoms with Crippen molar-refractivity contribution in [3.8, 4) is 0 Å². The molecule has 0 aromatic rings. The molecule has 142 valence electrons. The van der Waals surface area contributed by atoms with Gasteiger partial charge >= 0.3 is 37.4 Å². The van der Waals surface area contributed by atoms with Crippen LogP contribution < -0.4 is 0 Å². The molecule has 3 N–H and O–H groups in total. The summed E-state index contributed by atoms with van der Waals surface area (Å²) in [5, 5.41) is 0. The topological polar surface area (TPSA) is 77.8 Å². The van der Waals surface area contributed by atoms with Crippen molar-refractivity contribution in [2.75, 3.05) is 0 Å². The van der Waals surface area contributed by atoms with Crippen LogP contribution in [0.1, 0.15) is 103 Å². The number of unbranched alkanes of at least 4 members (excludes halogenated alkanes) is 14. The summed E-state index contributed by atoms with van der Waals surface area (Å²) in [6.45, 7) is 6.05. The minimum absolute atomic E-state index is 0. The summed E-state index contributed by atoms with van der Waals surface area (Å²) in [6, 6.07) is 0. The predicted molar refractivity (Wildman–Crippen MR) is 107 cm³/mol. The van der Waals surface area contributed by atoms with E-state index in [2.05, 4.69) is 13.5 Å². The van der Waals surface area contributed by atoms with Crippen LogP contribution in [-0.4, -0.2) is 44.2 Å². The minimum atomic E-state index is -4.64. The van der Waals surface area contributed by atoms with Crippen LogP contribution in [0.4, 0.5) is 0 Å². The van der Waals surface area contributed by atoms with Crippen LogP contribution in [0.2, 0.25) is 0 Å². The van der Waals surface area contributed by atoms with E-state index in [-0.39, 0.29) is 29.6 Å². The first-order valence-corrected chi connectivity index (χ1v) is 10.9. The van der Waals surface area contributed by atoms with Crippen molar-refractivity contribution >= 4 is 37.4 Å². The van der Waals surface area contributed by atoms with Gasteiger partial charge in [0.05, 0.1) is 0 Å². The molecule has 0 aromatic heterocycles. The van der Waals surface area contributed by atoms with Gasteiger partial charge in [-0.05, 0) is 12.8 Å². The average molecular weight is 374 g/mol. The predicted octanol–water partition coefficient (Wildman–Crippen LogP) is 5.47. The SMILES string of the molecule is C=CCCCCCCCCCCCCCCCC.O=P(O)(O)O.[NaH]. The first kappa shape index (κ1) is 29.6. The Bertz CT molecular complexity index is 274. The molecule has 0 rings (SSSR count). The van der Waals surface area contributed by atoms with Crippen LogP contribution in [0.15, 0.2) is 12.7 Å². The summed E-state index contributed by atoms with van der Waals surface area (Å²) in [5.74, 6) is 0. The number of hydrogen-bond donors (Lipinski definition) is 3. The van der Waals surface area contributed by atoms with Crippen LogP contribution in [-0.2, 0) is 4.57 Å². The van der Waals surface area contributed by atoms with Crippen molar-refractivity contribution in [1.82, 2.24) is 0 Å². The fourth-order valence-electron chi connectivity index (χ4n) is 2.48. The monoisotopic (exact) mass is 374 g/mol. The zero-order chi connectivity index (χ0) is 17.8. The summed E-state index contributed by atoms with van der Waals surface area (Å²) in [7, 11) is -4.64. The van der Waals surface area contributed by atoms with Gasteiger partial charge in [-0.1, -0.05) is 96.5 Å². The van der Waals surface area contributed by atoms with E-state index in [0.29, 0.717) is 0 Å². The molecular formula is C18H40NaO4P. The third kappa shape index (κ3) is 43.4. The summed E-state index contributed by atoms with van der Waals surface area (Å²) in [6.07, 6.45) is 23.5. The van der Waals surface area contributed by atoms with Crippen molar-refractivity contribution in [3.63, 3.8) is 0 Å². The van der Waals surface area contributed by atoms with Gasteiger partial charge in [0.15, 0.2) is 0 Å². The maximum absolute atomic E-state index is 8.88. The van der Waals surface area contributed by atoms with Gasteiger partial charge in [0, 0.05) is 0 Å². The quantitative estimate of drug-likeness (QED) is 0.154. The number of rotatable bonds is 15. The molecule has 0 aromatic carbocycles. The van der Waals surface area contributed by atoms with Gasteiger partial charge in [0.1, 0.15) is 0 Å². The number of hydrogen-bond acceptors (Lipinski definition) is 1. The standard InChI is InChI=1S/C18H36.Na.H3O4P.H/c1-3-5-7-9-11-13-15-17-18-16-14-12-10-8-6-4-2;;1-5(2,3)4;/h3H,1,4-18H2,2H3;;(H3,1,2,3,4);. The Labute approximate surface area is 172 Å². The van der Waals surface area contributed by atoms with Crippen molar-refractivity contribution in [2.45, 2.75) is 103 Å². The van der Waals surface area contributed by atoms with Gasteiger partial charge in [0.2, 0.25) is 0 Å². The summed E-state index contributed by atoms with van der Waals surface area (Å²) < 4.78 is 8.88. The van der Waals surface area contributed by atoms with Crippen LogP contribution in [0.3, 0.4) is 0 Å². The van der Waals surface area contributed by atoms with Gasteiger partial charge in [-0.15, -0.1) is 6.58 Å². The molecule has 0 radical (unpaired) electrons. The van der Waals surface area contributed by atoms with Crippen molar-refractivity contribution < 1.29 is 19.2 Å². The Morgan fingerprint density at radius 1 is 0.708 bits per heavy atom. The molecular weight excluding hydrogens is 334 g/mol. The molecule has 0 amide bonds. The van der Waals surface area contributed by atoms with Crippen LogP contribution in [0, 0.1) is 0 Å². The Morgan fingerprint density at radius 3 is 1.21 bits per heavy atom. The molecule has 0 spiro atoms. The zero-order valence-corrected chi connectivity index (χ0v) is 16.0. The van der Waals surface area contributed by atoms with E-state index in [0.717, 1.165) is 0 Å². The molecule has 0 unspecified atom stereocenters. The van der Waals surface area contributed by atoms with Gasteiger partial charge in [-0.2, -0.15) is 0 Å². The van der Waals surface area contributed by atoms with E-state index in [1.807, 2.05) is 6.08 Å². The van der Waals surface area contributed by atoms with E-state index in [9.17, 15) is 0 Å². The number of allylic oxidation sites excluding steroid dienone is 1. The second-order valence-electron chi connectivity index (χ2n) is 6.19. The molecule has 0 heterocycles. The van der Waals surface area contributed by atoms with E-state index in [1.54, 1.807) is 0 Å². The first-order valence-electron chi connectivity index (χ1n) is 9.31. The fraction of sp³-hybridized carbons (Fsp3) is 0.889. The fourth-order valence-corrected chi connectivity index (χ4v) is 2.48. The van der Waals surface area contributed by atoms with Crippen LogP contribution in [0.5, 0.6) is 0 Å². The Hall–Kier alpha value is 0.850. The van der Waals surface area contributed by atoms with Gasteiger partial charge in [-0.25, -0.2) is 4.57 Å².